The molecule has 2 aliphatic heterocycles. The lowest BCUT2D eigenvalue weighted by molar-refractivity contribution is 0.0764. The molecule has 29 heavy (non-hydrogen) atoms. The van der Waals surface area contributed by atoms with E-state index < -0.39 is 0 Å². The molecule has 4 rings (SSSR count). The van der Waals surface area contributed by atoms with E-state index in [-0.39, 0.29) is 13.2 Å². The van der Waals surface area contributed by atoms with Gasteiger partial charge in [-0.15, -0.1) is 0 Å². The van der Waals surface area contributed by atoms with Gasteiger partial charge in [0.25, 0.3) is 0 Å². The molecule has 6 heteroatoms. The SMILES string of the molecule is Cc1cc(Cc2cc(C)c3c(c2)CN(CCO)CO3)cc2c1OCN(CCO)C2. The lowest BCUT2D eigenvalue weighted by atomic mass is 9.95. The molecule has 2 heterocycles. The van der Waals surface area contributed by atoms with Crippen LogP contribution in [0.2, 0.25) is 0 Å². The van der Waals surface area contributed by atoms with Crippen LogP contribution in [0.5, 0.6) is 11.5 Å². The molecule has 0 aliphatic carbocycles. The minimum Gasteiger partial charge on any atom is -0.478 e. The number of aliphatic hydroxyl groups excluding tert-OH is 2. The lowest BCUT2D eigenvalue weighted by Gasteiger charge is -2.30. The molecular weight excluding hydrogens is 368 g/mol. The standard InChI is InChI=1S/C23H30N2O4/c1-16-7-18(10-20-12-24(3-5-26)14-28-22(16)20)9-19-8-17(2)23-21(11-19)13-25(4-6-27)15-29-23/h7-8,10-11,26-27H,3-6,9,12-15H2,1-2H3. The largest absolute Gasteiger partial charge is 0.478 e. The maximum atomic E-state index is 9.22. The minimum atomic E-state index is 0.140. The summed E-state index contributed by atoms with van der Waals surface area (Å²) in [4.78, 5) is 4.23. The highest BCUT2D eigenvalue weighted by molar-refractivity contribution is 5.49. The average Bonchev–Trinajstić information content (AvgIpc) is 2.68. The molecule has 0 amide bonds. The van der Waals surface area contributed by atoms with Gasteiger partial charge >= 0.3 is 0 Å². The molecule has 0 spiro atoms. The van der Waals surface area contributed by atoms with Crippen LogP contribution in [0.25, 0.3) is 0 Å². The van der Waals surface area contributed by atoms with Crippen molar-refractivity contribution in [3.05, 3.63) is 57.6 Å². The van der Waals surface area contributed by atoms with Crippen molar-refractivity contribution in [1.29, 1.82) is 0 Å². The van der Waals surface area contributed by atoms with Crippen molar-refractivity contribution in [2.45, 2.75) is 33.4 Å². The zero-order valence-electron chi connectivity index (χ0n) is 17.3. The summed E-state index contributed by atoms with van der Waals surface area (Å²) >= 11 is 0. The normalized spacial score (nSPS) is 16.7. The van der Waals surface area contributed by atoms with Crippen LogP contribution in [-0.2, 0) is 19.5 Å². The Morgan fingerprint density at radius 1 is 0.759 bits per heavy atom. The molecule has 0 fully saturated rings. The molecule has 0 unspecified atom stereocenters. The number of hydrogen-bond donors (Lipinski definition) is 2. The predicted octanol–water partition coefficient (Wildman–Crippen LogP) is 2.18. The summed E-state index contributed by atoms with van der Waals surface area (Å²) in [5.41, 5.74) is 7.22. The molecule has 0 atom stereocenters. The number of fused-ring (bicyclic) bond motifs is 2. The fourth-order valence-corrected chi connectivity index (χ4v) is 4.40. The first-order valence-electron chi connectivity index (χ1n) is 10.2. The zero-order valence-corrected chi connectivity index (χ0v) is 17.3. The van der Waals surface area contributed by atoms with Gasteiger partial charge in [0.2, 0.25) is 0 Å². The molecule has 2 N–H and O–H groups in total. The van der Waals surface area contributed by atoms with Crippen molar-refractivity contribution in [2.75, 3.05) is 39.8 Å². The second kappa shape index (κ2) is 8.71. The van der Waals surface area contributed by atoms with E-state index >= 15 is 0 Å². The van der Waals surface area contributed by atoms with Crippen LogP contribution in [0.3, 0.4) is 0 Å². The third-order valence-corrected chi connectivity index (χ3v) is 5.63. The molecule has 2 aromatic carbocycles. The number of aliphatic hydroxyl groups is 2. The Balaban J connectivity index is 1.57. The topological polar surface area (TPSA) is 65.4 Å². The van der Waals surface area contributed by atoms with Crippen LogP contribution in [0, 0.1) is 13.8 Å². The monoisotopic (exact) mass is 398 g/mol. The Bertz CT molecular complexity index is 812. The van der Waals surface area contributed by atoms with Gasteiger partial charge in [-0.3, -0.25) is 9.80 Å². The maximum Gasteiger partial charge on any atom is 0.142 e. The highest BCUT2D eigenvalue weighted by Gasteiger charge is 2.21. The van der Waals surface area contributed by atoms with Gasteiger partial charge in [0.1, 0.15) is 25.0 Å². The van der Waals surface area contributed by atoms with Crippen LogP contribution in [0.4, 0.5) is 0 Å². The van der Waals surface area contributed by atoms with E-state index in [0.717, 1.165) is 42.1 Å². The van der Waals surface area contributed by atoms with Crippen LogP contribution in [0.1, 0.15) is 33.4 Å². The van der Waals surface area contributed by atoms with Crippen LogP contribution < -0.4 is 9.47 Å². The quantitative estimate of drug-likeness (QED) is 0.778. The second-order valence-corrected chi connectivity index (χ2v) is 8.08. The summed E-state index contributed by atoms with van der Waals surface area (Å²) in [6, 6.07) is 8.89. The highest BCUT2D eigenvalue weighted by atomic mass is 16.5. The first kappa shape index (κ1) is 20.2. The van der Waals surface area contributed by atoms with Gasteiger partial charge in [0.15, 0.2) is 0 Å². The third kappa shape index (κ3) is 4.41. The highest BCUT2D eigenvalue weighted by Crippen LogP contribution is 2.33. The summed E-state index contributed by atoms with van der Waals surface area (Å²) in [6.07, 6.45) is 0.849. The second-order valence-electron chi connectivity index (χ2n) is 8.08. The first-order valence-corrected chi connectivity index (χ1v) is 10.2. The number of aryl methyl sites for hydroxylation is 2. The smallest absolute Gasteiger partial charge is 0.142 e. The zero-order chi connectivity index (χ0) is 20.4. The summed E-state index contributed by atoms with van der Waals surface area (Å²) in [5.74, 6) is 1.97. The van der Waals surface area contributed by atoms with Crippen molar-refractivity contribution >= 4 is 0 Å². The number of β-amino-alcohol motifs (C(OH)–C–C–N with tert-alkyl or cyclic N) is 2. The van der Waals surface area contributed by atoms with Crippen molar-refractivity contribution in [1.82, 2.24) is 9.80 Å². The number of hydrogen-bond acceptors (Lipinski definition) is 6. The first-order chi connectivity index (χ1) is 14.1. The Hall–Kier alpha value is -2.12. The Morgan fingerprint density at radius 2 is 1.21 bits per heavy atom. The van der Waals surface area contributed by atoms with Gasteiger partial charge in [0.05, 0.1) is 13.2 Å². The molecule has 0 bridgehead atoms. The summed E-state index contributed by atoms with van der Waals surface area (Å²) < 4.78 is 11.9. The van der Waals surface area contributed by atoms with Gasteiger partial charge in [-0.2, -0.15) is 0 Å². The minimum absolute atomic E-state index is 0.140. The molecule has 0 radical (unpaired) electrons. The summed E-state index contributed by atoms with van der Waals surface area (Å²) in [5, 5.41) is 18.4. The summed E-state index contributed by atoms with van der Waals surface area (Å²) in [6.45, 7) is 8.39. The molecule has 2 aromatic rings. The van der Waals surface area contributed by atoms with E-state index in [1.165, 1.54) is 22.3 Å². The van der Waals surface area contributed by atoms with E-state index in [9.17, 15) is 10.2 Å². The van der Waals surface area contributed by atoms with Gasteiger partial charge in [-0.05, 0) is 42.5 Å². The molecular formula is C23H30N2O4. The molecule has 0 saturated carbocycles. The van der Waals surface area contributed by atoms with Crippen molar-refractivity contribution in [3.8, 4) is 11.5 Å². The van der Waals surface area contributed by atoms with Crippen LogP contribution in [-0.4, -0.2) is 59.8 Å². The number of ether oxygens (including phenoxy) is 2. The molecule has 156 valence electrons. The van der Waals surface area contributed by atoms with E-state index in [0.29, 0.717) is 26.6 Å². The number of rotatable bonds is 6. The number of nitrogens with zero attached hydrogens (tertiary/aromatic N) is 2. The van der Waals surface area contributed by atoms with Gasteiger partial charge in [-0.25, -0.2) is 0 Å². The fourth-order valence-electron chi connectivity index (χ4n) is 4.40. The average molecular weight is 399 g/mol. The maximum absolute atomic E-state index is 9.22. The molecule has 0 aromatic heterocycles. The van der Waals surface area contributed by atoms with Crippen LogP contribution >= 0.6 is 0 Å². The van der Waals surface area contributed by atoms with E-state index in [4.69, 9.17) is 9.47 Å². The van der Waals surface area contributed by atoms with Gasteiger partial charge in [-0.1, -0.05) is 24.3 Å². The molecule has 2 aliphatic rings. The van der Waals surface area contributed by atoms with Gasteiger partial charge < -0.3 is 19.7 Å². The summed E-state index contributed by atoms with van der Waals surface area (Å²) in [7, 11) is 0. The third-order valence-electron chi connectivity index (χ3n) is 5.63. The van der Waals surface area contributed by atoms with Gasteiger partial charge in [0, 0.05) is 37.3 Å². The Morgan fingerprint density at radius 3 is 1.62 bits per heavy atom. The van der Waals surface area contributed by atoms with Crippen LogP contribution in [0.15, 0.2) is 24.3 Å². The fraction of sp³-hybridized carbons (Fsp3) is 0.478. The van der Waals surface area contributed by atoms with Crippen molar-refractivity contribution < 1.29 is 19.7 Å². The molecule has 0 saturated heterocycles. The van der Waals surface area contributed by atoms with Crippen molar-refractivity contribution in [2.24, 2.45) is 0 Å². The van der Waals surface area contributed by atoms with E-state index in [1.54, 1.807) is 0 Å². The number of benzene rings is 2. The Labute approximate surface area is 172 Å². The van der Waals surface area contributed by atoms with Crippen molar-refractivity contribution in [3.63, 3.8) is 0 Å². The lowest BCUT2D eigenvalue weighted by Crippen LogP contribution is -2.34. The predicted molar refractivity (Wildman–Crippen MR) is 111 cm³/mol. The van der Waals surface area contributed by atoms with E-state index in [1.807, 2.05) is 0 Å². The molecule has 6 nitrogen and oxygen atoms in total. The van der Waals surface area contributed by atoms with E-state index in [2.05, 4.69) is 47.9 Å². The Kier molecular flexibility index (Phi) is 6.06.